The van der Waals surface area contributed by atoms with Crippen LogP contribution in [0.4, 0.5) is 0 Å². The molecule has 0 aromatic heterocycles. The Morgan fingerprint density at radius 1 is 1.13 bits per heavy atom. The number of nitriles is 1. The van der Waals surface area contributed by atoms with E-state index in [0.717, 1.165) is 44.3 Å². The van der Waals surface area contributed by atoms with E-state index in [4.69, 9.17) is 0 Å². The fourth-order valence-corrected chi connectivity index (χ4v) is 5.76. The summed E-state index contributed by atoms with van der Waals surface area (Å²) in [5.41, 5.74) is 2.44. The van der Waals surface area contributed by atoms with Crippen molar-refractivity contribution in [2.75, 3.05) is 13.1 Å². The summed E-state index contributed by atoms with van der Waals surface area (Å²) in [5.74, 6) is 1.25. The van der Waals surface area contributed by atoms with Crippen LogP contribution in [0.25, 0.3) is 0 Å². The number of piperidine rings is 2. The first-order chi connectivity index (χ1) is 14.9. The summed E-state index contributed by atoms with van der Waals surface area (Å²) in [7, 11) is 0. The maximum Gasteiger partial charge on any atom is 0.225 e. The number of fused-ring (bicyclic) bond motifs is 2. The Bertz CT molecular complexity index is 833. The minimum absolute atomic E-state index is 0.0228. The topological polar surface area (TPSA) is 73.2 Å². The van der Waals surface area contributed by atoms with Crippen molar-refractivity contribution in [3.63, 3.8) is 0 Å². The van der Waals surface area contributed by atoms with Crippen molar-refractivity contribution in [1.82, 2.24) is 10.2 Å². The van der Waals surface area contributed by atoms with E-state index in [1.807, 2.05) is 18.7 Å². The molecule has 1 aromatic rings. The normalized spacial score (nSPS) is 26.8. The van der Waals surface area contributed by atoms with E-state index in [1.54, 1.807) is 0 Å². The molecule has 0 spiro atoms. The highest BCUT2D eigenvalue weighted by atomic mass is 16.2. The summed E-state index contributed by atoms with van der Waals surface area (Å²) in [6.07, 6.45) is 6.45. The number of benzene rings is 1. The summed E-state index contributed by atoms with van der Waals surface area (Å²) in [6.45, 7) is 5.59. The van der Waals surface area contributed by atoms with Gasteiger partial charge in [0.05, 0.1) is 18.0 Å². The quantitative estimate of drug-likeness (QED) is 0.726. The standard InChI is InChI=1S/C26H35N3O2/c1-17(2)26(31)29-11-9-21(10-12-29)20-5-3-18(4-6-20)13-19(16-27)14-24(30)25-22-7-8-23(15-22)28-25/h3-6,17,19,21-23,25,28H,7-15H2,1-2H3/t19-,22+,23-,25+/m1/s1. The van der Waals surface area contributed by atoms with E-state index in [2.05, 4.69) is 35.7 Å². The van der Waals surface area contributed by atoms with Gasteiger partial charge in [0.2, 0.25) is 5.91 Å². The first kappa shape index (κ1) is 22.0. The van der Waals surface area contributed by atoms with Gasteiger partial charge in [-0.15, -0.1) is 0 Å². The minimum atomic E-state index is -0.260. The Morgan fingerprint density at radius 2 is 1.84 bits per heavy atom. The number of likely N-dealkylation sites (tertiary alicyclic amines) is 1. The zero-order valence-electron chi connectivity index (χ0n) is 18.8. The minimum Gasteiger partial charge on any atom is -0.342 e. The van der Waals surface area contributed by atoms with Gasteiger partial charge in [0.25, 0.3) is 0 Å². The Kier molecular flexibility index (Phi) is 6.77. The molecule has 3 fully saturated rings. The second-order valence-corrected chi connectivity index (χ2v) is 10.1. The summed E-state index contributed by atoms with van der Waals surface area (Å²) in [4.78, 5) is 26.9. The first-order valence-electron chi connectivity index (χ1n) is 12.0. The number of hydrogen-bond donors (Lipinski definition) is 1. The molecule has 2 bridgehead atoms. The molecule has 1 aromatic carbocycles. The summed E-state index contributed by atoms with van der Waals surface area (Å²) in [5, 5.41) is 13.1. The zero-order chi connectivity index (χ0) is 22.0. The molecule has 0 radical (unpaired) electrons. The fourth-order valence-electron chi connectivity index (χ4n) is 5.76. The van der Waals surface area contributed by atoms with E-state index >= 15 is 0 Å². The van der Waals surface area contributed by atoms with Crippen LogP contribution in [0.2, 0.25) is 0 Å². The van der Waals surface area contributed by atoms with Gasteiger partial charge in [-0.05, 0) is 61.5 Å². The van der Waals surface area contributed by atoms with Gasteiger partial charge in [0, 0.05) is 31.5 Å². The predicted molar refractivity (Wildman–Crippen MR) is 120 cm³/mol. The molecule has 1 saturated carbocycles. The molecule has 4 rings (SSSR count). The Morgan fingerprint density at radius 3 is 2.39 bits per heavy atom. The van der Waals surface area contributed by atoms with Crippen LogP contribution in [0.15, 0.2) is 24.3 Å². The number of rotatable bonds is 7. The van der Waals surface area contributed by atoms with Crippen LogP contribution in [0.1, 0.15) is 69.4 Å². The van der Waals surface area contributed by atoms with Gasteiger partial charge in [0.1, 0.15) is 0 Å². The van der Waals surface area contributed by atoms with E-state index < -0.39 is 0 Å². The lowest BCUT2D eigenvalue weighted by atomic mass is 9.86. The van der Waals surface area contributed by atoms with Crippen LogP contribution in [0.3, 0.4) is 0 Å². The largest absolute Gasteiger partial charge is 0.342 e. The van der Waals surface area contributed by atoms with Crippen molar-refractivity contribution in [2.45, 2.75) is 76.8 Å². The van der Waals surface area contributed by atoms with Gasteiger partial charge in [-0.1, -0.05) is 38.1 Å². The van der Waals surface area contributed by atoms with Crippen molar-refractivity contribution in [3.8, 4) is 6.07 Å². The highest BCUT2D eigenvalue weighted by molar-refractivity contribution is 5.85. The number of carbonyl (C=O) groups is 2. The first-order valence-corrected chi connectivity index (χ1v) is 12.0. The molecule has 1 N–H and O–H groups in total. The number of amides is 1. The molecule has 5 heteroatoms. The summed E-state index contributed by atoms with van der Waals surface area (Å²) >= 11 is 0. The van der Waals surface area contributed by atoms with Crippen molar-refractivity contribution in [3.05, 3.63) is 35.4 Å². The fraction of sp³-hybridized carbons (Fsp3) is 0.654. The van der Waals surface area contributed by atoms with E-state index in [1.165, 1.54) is 12.0 Å². The van der Waals surface area contributed by atoms with Crippen molar-refractivity contribution in [2.24, 2.45) is 17.8 Å². The maximum absolute atomic E-state index is 12.7. The third-order valence-electron chi connectivity index (χ3n) is 7.57. The molecule has 166 valence electrons. The molecule has 31 heavy (non-hydrogen) atoms. The lowest BCUT2D eigenvalue weighted by Crippen LogP contribution is -2.42. The summed E-state index contributed by atoms with van der Waals surface area (Å²) in [6, 6.07) is 11.4. The Labute approximate surface area is 186 Å². The second kappa shape index (κ2) is 9.53. The van der Waals surface area contributed by atoms with E-state index in [9.17, 15) is 14.9 Å². The number of Topliss-reactive ketones (excluding diaryl/α,β-unsaturated/α-hetero) is 1. The van der Waals surface area contributed by atoms with Gasteiger partial charge in [-0.25, -0.2) is 0 Å². The molecule has 4 atom stereocenters. The van der Waals surface area contributed by atoms with Crippen LogP contribution in [0.5, 0.6) is 0 Å². The number of ketones is 1. The molecular formula is C26H35N3O2. The Balaban J connectivity index is 1.28. The van der Waals surface area contributed by atoms with Gasteiger partial charge in [-0.3, -0.25) is 9.59 Å². The second-order valence-electron chi connectivity index (χ2n) is 10.1. The lowest BCUT2D eigenvalue weighted by molar-refractivity contribution is -0.135. The number of carbonyl (C=O) groups excluding carboxylic acids is 2. The predicted octanol–water partition coefficient (Wildman–Crippen LogP) is 3.83. The van der Waals surface area contributed by atoms with Crippen LogP contribution >= 0.6 is 0 Å². The van der Waals surface area contributed by atoms with Crippen LogP contribution in [-0.4, -0.2) is 41.8 Å². The van der Waals surface area contributed by atoms with Crippen molar-refractivity contribution < 1.29 is 9.59 Å². The molecular weight excluding hydrogens is 386 g/mol. The van der Waals surface area contributed by atoms with E-state index in [0.29, 0.717) is 30.7 Å². The third kappa shape index (κ3) is 5.01. The number of nitrogens with zero attached hydrogens (tertiary/aromatic N) is 2. The molecule has 0 unspecified atom stereocenters. The van der Waals surface area contributed by atoms with Gasteiger partial charge in [-0.2, -0.15) is 5.26 Å². The highest BCUT2D eigenvalue weighted by Gasteiger charge is 2.42. The summed E-state index contributed by atoms with van der Waals surface area (Å²) < 4.78 is 0. The SMILES string of the molecule is CC(C)C(=O)N1CCC(c2ccc(C[C@@H](C#N)CC(=O)[C@H]3N[C@@H]4CC[C@H]3C4)cc2)CC1. The lowest BCUT2D eigenvalue weighted by Gasteiger charge is -2.33. The zero-order valence-corrected chi connectivity index (χ0v) is 18.8. The van der Waals surface area contributed by atoms with Gasteiger partial charge in [0.15, 0.2) is 5.78 Å². The smallest absolute Gasteiger partial charge is 0.225 e. The molecule has 2 heterocycles. The molecule has 2 aliphatic heterocycles. The monoisotopic (exact) mass is 421 g/mol. The highest BCUT2D eigenvalue weighted by Crippen LogP contribution is 2.36. The molecule has 2 saturated heterocycles. The molecule has 5 nitrogen and oxygen atoms in total. The Hall–Kier alpha value is -2.19. The average Bonchev–Trinajstić information content (AvgIpc) is 3.42. The van der Waals surface area contributed by atoms with E-state index in [-0.39, 0.29) is 29.6 Å². The van der Waals surface area contributed by atoms with Gasteiger partial charge >= 0.3 is 0 Å². The molecule has 1 amide bonds. The van der Waals surface area contributed by atoms with Gasteiger partial charge < -0.3 is 10.2 Å². The van der Waals surface area contributed by atoms with Crippen molar-refractivity contribution in [1.29, 1.82) is 5.26 Å². The van der Waals surface area contributed by atoms with Crippen LogP contribution in [0, 0.1) is 29.1 Å². The molecule has 3 aliphatic rings. The number of nitrogens with one attached hydrogen (secondary N) is 1. The third-order valence-corrected chi connectivity index (χ3v) is 7.57. The van der Waals surface area contributed by atoms with Crippen LogP contribution < -0.4 is 5.32 Å². The number of hydrogen-bond acceptors (Lipinski definition) is 4. The average molecular weight is 422 g/mol. The van der Waals surface area contributed by atoms with Crippen LogP contribution in [-0.2, 0) is 16.0 Å². The molecule has 1 aliphatic carbocycles. The van der Waals surface area contributed by atoms with Crippen molar-refractivity contribution >= 4 is 11.7 Å². The maximum atomic E-state index is 12.7.